The number of ether oxygens (including phenoxy) is 3. The van der Waals surface area contributed by atoms with Crippen LogP contribution in [0, 0.1) is 0 Å². The van der Waals surface area contributed by atoms with Gasteiger partial charge in [-0.1, -0.05) is 34.1 Å². The molecule has 0 radical (unpaired) electrons. The summed E-state index contributed by atoms with van der Waals surface area (Å²) in [4.78, 5) is 11.4. The first-order valence-corrected chi connectivity index (χ1v) is 6.11. The van der Waals surface area contributed by atoms with E-state index in [-0.39, 0.29) is 5.97 Å². The lowest BCUT2D eigenvalue weighted by Crippen LogP contribution is -2.34. The summed E-state index contributed by atoms with van der Waals surface area (Å²) >= 11 is 3.43. The van der Waals surface area contributed by atoms with Crippen LogP contribution in [0.4, 0.5) is 0 Å². The minimum Gasteiger partial charge on any atom is -0.467 e. The molecule has 1 heterocycles. The molecule has 1 fully saturated rings. The highest BCUT2D eigenvalue weighted by molar-refractivity contribution is 9.10. The Balaban J connectivity index is 2.12. The molecule has 0 aromatic heterocycles. The largest absolute Gasteiger partial charge is 0.467 e. The normalized spacial score (nSPS) is 24.4. The van der Waals surface area contributed by atoms with Crippen molar-refractivity contribution in [1.82, 2.24) is 0 Å². The molecule has 1 aliphatic heterocycles. The number of hydrogen-bond donors (Lipinski definition) is 0. The van der Waals surface area contributed by atoms with Crippen molar-refractivity contribution in [3.8, 4) is 0 Å². The molecule has 0 spiro atoms. The van der Waals surface area contributed by atoms with Gasteiger partial charge in [-0.05, 0) is 6.07 Å². The molecule has 4 nitrogen and oxygen atoms in total. The van der Waals surface area contributed by atoms with Crippen LogP contribution < -0.4 is 0 Å². The molecule has 0 saturated carbocycles. The van der Waals surface area contributed by atoms with Crippen molar-refractivity contribution in [2.75, 3.05) is 13.7 Å². The van der Waals surface area contributed by atoms with E-state index in [1.807, 2.05) is 24.3 Å². The SMILES string of the molecule is COC(=O)[C@@H]1CCO[C@H](c2ccccc2Br)O1. The summed E-state index contributed by atoms with van der Waals surface area (Å²) in [6.45, 7) is 0.478. The van der Waals surface area contributed by atoms with Gasteiger partial charge in [-0.3, -0.25) is 0 Å². The van der Waals surface area contributed by atoms with Gasteiger partial charge in [0.25, 0.3) is 0 Å². The van der Waals surface area contributed by atoms with Crippen LogP contribution in [0.5, 0.6) is 0 Å². The highest BCUT2D eigenvalue weighted by Gasteiger charge is 2.30. The number of hydrogen-bond acceptors (Lipinski definition) is 4. The lowest BCUT2D eigenvalue weighted by Gasteiger charge is -2.29. The molecule has 0 aliphatic carbocycles. The first-order valence-electron chi connectivity index (χ1n) is 5.31. The molecule has 2 rings (SSSR count). The molecule has 17 heavy (non-hydrogen) atoms. The van der Waals surface area contributed by atoms with Crippen LogP contribution in [0.15, 0.2) is 28.7 Å². The Kier molecular flexibility index (Phi) is 4.15. The van der Waals surface area contributed by atoms with Crippen LogP contribution in [-0.4, -0.2) is 25.8 Å². The second kappa shape index (κ2) is 5.62. The fourth-order valence-corrected chi connectivity index (χ4v) is 2.14. The Morgan fingerprint density at radius 2 is 2.24 bits per heavy atom. The molecule has 1 aliphatic rings. The summed E-state index contributed by atoms with van der Waals surface area (Å²) < 4.78 is 16.7. The molecule has 0 N–H and O–H groups in total. The second-order valence-corrected chi connectivity index (χ2v) is 4.52. The van der Waals surface area contributed by atoms with Gasteiger partial charge in [0.1, 0.15) is 0 Å². The molecule has 0 amide bonds. The van der Waals surface area contributed by atoms with Gasteiger partial charge in [-0.2, -0.15) is 0 Å². The van der Waals surface area contributed by atoms with E-state index in [1.54, 1.807) is 0 Å². The molecule has 5 heteroatoms. The van der Waals surface area contributed by atoms with E-state index >= 15 is 0 Å². The summed E-state index contributed by atoms with van der Waals surface area (Å²) in [5.74, 6) is -0.356. The molecule has 2 atom stereocenters. The van der Waals surface area contributed by atoms with Crippen molar-refractivity contribution in [3.63, 3.8) is 0 Å². The third-order valence-electron chi connectivity index (χ3n) is 2.56. The van der Waals surface area contributed by atoms with E-state index in [0.29, 0.717) is 13.0 Å². The molecule has 1 saturated heterocycles. The number of benzene rings is 1. The van der Waals surface area contributed by atoms with Gasteiger partial charge in [0.2, 0.25) is 0 Å². The third kappa shape index (κ3) is 2.86. The lowest BCUT2D eigenvalue weighted by atomic mass is 10.2. The average molecular weight is 301 g/mol. The van der Waals surface area contributed by atoms with Gasteiger partial charge in [0.05, 0.1) is 13.7 Å². The van der Waals surface area contributed by atoms with Gasteiger partial charge in [-0.15, -0.1) is 0 Å². The predicted molar refractivity (Wildman–Crippen MR) is 64.3 cm³/mol. The Labute approximate surface area is 108 Å². The van der Waals surface area contributed by atoms with Crippen molar-refractivity contribution in [2.45, 2.75) is 18.8 Å². The predicted octanol–water partition coefficient (Wildman–Crippen LogP) is 2.43. The topological polar surface area (TPSA) is 44.8 Å². The van der Waals surface area contributed by atoms with Gasteiger partial charge in [0.15, 0.2) is 12.4 Å². The summed E-state index contributed by atoms with van der Waals surface area (Å²) in [6.07, 6.45) is -0.553. The summed E-state index contributed by atoms with van der Waals surface area (Å²) in [5.41, 5.74) is 0.876. The quantitative estimate of drug-likeness (QED) is 0.787. The monoisotopic (exact) mass is 300 g/mol. The number of methoxy groups -OCH3 is 1. The van der Waals surface area contributed by atoms with E-state index in [9.17, 15) is 4.79 Å². The maximum absolute atomic E-state index is 11.4. The number of halogens is 1. The molecular formula is C12H13BrO4. The fraction of sp³-hybridized carbons (Fsp3) is 0.417. The maximum atomic E-state index is 11.4. The number of rotatable bonds is 2. The Bertz CT molecular complexity index is 407. The van der Waals surface area contributed by atoms with Crippen LogP contribution in [0.25, 0.3) is 0 Å². The van der Waals surface area contributed by atoms with Gasteiger partial charge < -0.3 is 14.2 Å². The standard InChI is InChI=1S/C12H13BrO4/c1-15-11(14)10-6-7-16-12(17-10)8-4-2-3-5-9(8)13/h2-5,10,12H,6-7H2,1H3/t10-,12-/m0/s1. The number of esters is 1. The van der Waals surface area contributed by atoms with Crippen molar-refractivity contribution in [3.05, 3.63) is 34.3 Å². The second-order valence-electron chi connectivity index (χ2n) is 3.66. The van der Waals surface area contributed by atoms with Crippen molar-refractivity contribution >= 4 is 21.9 Å². The number of carbonyl (C=O) groups is 1. The third-order valence-corrected chi connectivity index (χ3v) is 3.28. The minimum atomic E-state index is -0.550. The van der Waals surface area contributed by atoms with Crippen LogP contribution in [0.3, 0.4) is 0 Å². The van der Waals surface area contributed by atoms with Crippen LogP contribution in [-0.2, 0) is 19.0 Å². The molecule has 1 aromatic rings. The Hall–Kier alpha value is -0.910. The van der Waals surface area contributed by atoms with Crippen molar-refractivity contribution in [1.29, 1.82) is 0 Å². The van der Waals surface area contributed by atoms with E-state index in [2.05, 4.69) is 20.7 Å². The fourth-order valence-electron chi connectivity index (χ4n) is 1.67. The zero-order valence-corrected chi connectivity index (χ0v) is 11.0. The molecule has 92 valence electrons. The van der Waals surface area contributed by atoms with Crippen LogP contribution in [0.2, 0.25) is 0 Å². The van der Waals surface area contributed by atoms with Gasteiger partial charge in [-0.25, -0.2) is 4.79 Å². The summed E-state index contributed by atoms with van der Waals surface area (Å²) in [5, 5.41) is 0. The van der Waals surface area contributed by atoms with Gasteiger partial charge in [0, 0.05) is 16.5 Å². The van der Waals surface area contributed by atoms with E-state index < -0.39 is 12.4 Å². The van der Waals surface area contributed by atoms with Gasteiger partial charge >= 0.3 is 5.97 Å². The molecule has 0 unspecified atom stereocenters. The lowest BCUT2D eigenvalue weighted by molar-refractivity contribution is -0.225. The maximum Gasteiger partial charge on any atom is 0.335 e. The molecular weight excluding hydrogens is 288 g/mol. The smallest absolute Gasteiger partial charge is 0.335 e. The molecule has 1 aromatic carbocycles. The molecule has 0 bridgehead atoms. The summed E-state index contributed by atoms with van der Waals surface area (Å²) in [6, 6.07) is 7.61. The van der Waals surface area contributed by atoms with E-state index in [0.717, 1.165) is 10.0 Å². The Morgan fingerprint density at radius 1 is 1.47 bits per heavy atom. The highest BCUT2D eigenvalue weighted by Crippen LogP contribution is 2.31. The van der Waals surface area contributed by atoms with Crippen LogP contribution in [0.1, 0.15) is 18.3 Å². The zero-order valence-electron chi connectivity index (χ0n) is 9.39. The van der Waals surface area contributed by atoms with Crippen LogP contribution >= 0.6 is 15.9 Å². The van der Waals surface area contributed by atoms with Crippen molar-refractivity contribution < 1.29 is 19.0 Å². The summed E-state index contributed by atoms with van der Waals surface area (Å²) in [7, 11) is 1.36. The number of carbonyl (C=O) groups excluding carboxylic acids is 1. The zero-order chi connectivity index (χ0) is 12.3. The Morgan fingerprint density at radius 3 is 2.94 bits per heavy atom. The highest BCUT2D eigenvalue weighted by atomic mass is 79.9. The average Bonchev–Trinajstić information content (AvgIpc) is 2.38. The van der Waals surface area contributed by atoms with E-state index in [1.165, 1.54) is 7.11 Å². The first kappa shape index (κ1) is 12.5. The minimum absolute atomic E-state index is 0.356. The first-order chi connectivity index (χ1) is 8.22. The van der Waals surface area contributed by atoms with E-state index in [4.69, 9.17) is 9.47 Å². The van der Waals surface area contributed by atoms with Crippen molar-refractivity contribution in [2.24, 2.45) is 0 Å².